The Morgan fingerprint density at radius 1 is 1.73 bits per heavy atom. The molecule has 0 aromatic rings. The fraction of sp³-hybridized carbons (Fsp3) is 0.875. The maximum Gasteiger partial charge on any atom is 0.326 e. The molecule has 2 rings (SSSR count). The number of carbonyl (C=O) groups excluding carboxylic acids is 1. The summed E-state index contributed by atoms with van der Waals surface area (Å²) in [5, 5.41) is 0. The summed E-state index contributed by atoms with van der Waals surface area (Å²) in [6, 6.07) is 0. The Balaban J connectivity index is 2.15. The van der Waals surface area contributed by atoms with Gasteiger partial charge in [0, 0.05) is 0 Å². The van der Waals surface area contributed by atoms with E-state index in [-0.39, 0.29) is 5.97 Å². The summed E-state index contributed by atoms with van der Waals surface area (Å²) in [5.41, 5.74) is 5.30. The molecule has 0 saturated heterocycles. The third-order valence-electron chi connectivity index (χ3n) is 3.08. The van der Waals surface area contributed by atoms with E-state index in [2.05, 4.69) is 4.74 Å². The van der Waals surface area contributed by atoms with Gasteiger partial charge < -0.3 is 10.5 Å². The van der Waals surface area contributed by atoms with Gasteiger partial charge in [0.2, 0.25) is 0 Å². The molecular weight excluding hydrogens is 142 g/mol. The maximum atomic E-state index is 11.2. The maximum absolute atomic E-state index is 11.2. The van der Waals surface area contributed by atoms with Crippen molar-refractivity contribution in [3.05, 3.63) is 0 Å². The quantitative estimate of drug-likeness (QED) is 0.553. The van der Waals surface area contributed by atoms with Gasteiger partial charge in [0.1, 0.15) is 5.54 Å². The van der Waals surface area contributed by atoms with E-state index in [4.69, 9.17) is 5.73 Å². The van der Waals surface area contributed by atoms with Crippen molar-refractivity contribution in [1.82, 2.24) is 0 Å². The van der Waals surface area contributed by atoms with Crippen LogP contribution in [-0.2, 0) is 9.53 Å². The molecule has 0 heterocycles. The third-order valence-corrected chi connectivity index (χ3v) is 3.08. The number of ether oxygens (including phenoxy) is 1. The van der Waals surface area contributed by atoms with Crippen molar-refractivity contribution < 1.29 is 9.53 Å². The highest BCUT2D eigenvalue weighted by molar-refractivity contribution is 5.82. The predicted octanol–water partition coefficient (Wildman–Crippen LogP) is 0.287. The average molecular weight is 155 g/mol. The zero-order valence-corrected chi connectivity index (χ0v) is 6.67. The van der Waals surface area contributed by atoms with Gasteiger partial charge in [-0.3, -0.25) is 4.79 Å². The van der Waals surface area contributed by atoms with Gasteiger partial charge in [0.05, 0.1) is 7.11 Å². The van der Waals surface area contributed by atoms with Crippen molar-refractivity contribution in [1.29, 1.82) is 0 Å². The molecule has 3 heteroatoms. The molecule has 0 aromatic carbocycles. The van der Waals surface area contributed by atoms with Gasteiger partial charge in [-0.25, -0.2) is 0 Å². The minimum Gasteiger partial charge on any atom is -0.468 e. The van der Waals surface area contributed by atoms with Crippen LogP contribution in [0.3, 0.4) is 0 Å². The summed E-state index contributed by atoms with van der Waals surface area (Å²) in [5.74, 6) is 0.927. The Labute approximate surface area is 65.9 Å². The second-order valence-electron chi connectivity index (χ2n) is 3.67. The lowest BCUT2D eigenvalue weighted by Crippen LogP contribution is -2.49. The van der Waals surface area contributed by atoms with E-state index in [1.165, 1.54) is 7.11 Å². The molecule has 2 N–H and O–H groups in total. The van der Waals surface area contributed by atoms with Gasteiger partial charge in [-0.2, -0.15) is 0 Å². The molecule has 11 heavy (non-hydrogen) atoms. The van der Waals surface area contributed by atoms with Crippen molar-refractivity contribution in [2.24, 2.45) is 17.6 Å². The topological polar surface area (TPSA) is 52.3 Å². The number of methoxy groups -OCH3 is 1. The van der Waals surface area contributed by atoms with E-state index in [9.17, 15) is 4.79 Å². The van der Waals surface area contributed by atoms with Gasteiger partial charge in [0.15, 0.2) is 0 Å². The first-order valence-corrected chi connectivity index (χ1v) is 4.06. The summed E-state index contributed by atoms with van der Waals surface area (Å²) in [6.45, 7) is 0. The van der Waals surface area contributed by atoms with E-state index >= 15 is 0 Å². The van der Waals surface area contributed by atoms with Gasteiger partial charge in [-0.05, 0) is 31.1 Å². The normalized spacial score (nSPS) is 46.7. The second kappa shape index (κ2) is 1.97. The number of fused-ring (bicyclic) bond motifs is 1. The summed E-state index contributed by atoms with van der Waals surface area (Å²) in [7, 11) is 1.41. The summed E-state index contributed by atoms with van der Waals surface area (Å²) < 4.78 is 4.67. The first-order chi connectivity index (χ1) is 5.18. The Morgan fingerprint density at radius 3 is 2.82 bits per heavy atom. The number of rotatable bonds is 1. The first-order valence-electron chi connectivity index (χ1n) is 4.06. The largest absolute Gasteiger partial charge is 0.468 e. The summed E-state index contributed by atoms with van der Waals surface area (Å²) in [6.07, 6.45) is 3.05. The Bertz CT molecular complexity index is 204. The lowest BCUT2D eigenvalue weighted by atomic mass is 9.95. The molecule has 2 fully saturated rings. The van der Waals surface area contributed by atoms with Crippen molar-refractivity contribution in [2.75, 3.05) is 7.11 Å². The average Bonchev–Trinajstić information content (AvgIpc) is 2.73. The molecule has 2 aliphatic rings. The van der Waals surface area contributed by atoms with Crippen LogP contribution >= 0.6 is 0 Å². The van der Waals surface area contributed by atoms with Crippen molar-refractivity contribution >= 4 is 5.97 Å². The highest BCUT2D eigenvalue weighted by atomic mass is 16.5. The number of hydrogen-bond acceptors (Lipinski definition) is 3. The molecule has 0 bridgehead atoms. The van der Waals surface area contributed by atoms with Gasteiger partial charge in [-0.15, -0.1) is 0 Å². The van der Waals surface area contributed by atoms with E-state index in [0.29, 0.717) is 5.92 Å². The fourth-order valence-electron chi connectivity index (χ4n) is 2.25. The van der Waals surface area contributed by atoms with E-state index < -0.39 is 5.54 Å². The summed E-state index contributed by atoms with van der Waals surface area (Å²) >= 11 is 0. The molecule has 3 atom stereocenters. The molecule has 3 nitrogen and oxygen atoms in total. The van der Waals surface area contributed by atoms with Crippen LogP contribution in [-0.4, -0.2) is 18.6 Å². The zero-order valence-electron chi connectivity index (χ0n) is 6.67. The highest BCUT2D eigenvalue weighted by Gasteiger charge is 2.60. The first kappa shape index (κ1) is 7.10. The molecule has 0 radical (unpaired) electrons. The number of hydrogen-bond donors (Lipinski definition) is 1. The standard InChI is InChI=1S/C8H13NO2/c1-11-7(10)8(9)3-2-5-4-6(5)8/h5-6H,2-4,9H2,1H3. The van der Waals surface area contributed by atoms with Crippen molar-refractivity contribution in [3.8, 4) is 0 Å². The van der Waals surface area contributed by atoms with Crippen LogP contribution in [0.1, 0.15) is 19.3 Å². The van der Waals surface area contributed by atoms with Crippen molar-refractivity contribution in [3.63, 3.8) is 0 Å². The lowest BCUT2D eigenvalue weighted by Gasteiger charge is -2.21. The van der Waals surface area contributed by atoms with Crippen LogP contribution in [0.15, 0.2) is 0 Å². The molecular formula is C8H13NO2. The minimum atomic E-state index is -0.626. The third kappa shape index (κ3) is 0.805. The van der Waals surface area contributed by atoms with Gasteiger partial charge in [-0.1, -0.05) is 0 Å². The van der Waals surface area contributed by atoms with Gasteiger partial charge >= 0.3 is 5.97 Å². The lowest BCUT2D eigenvalue weighted by molar-refractivity contribution is -0.147. The second-order valence-corrected chi connectivity index (χ2v) is 3.67. The highest BCUT2D eigenvalue weighted by Crippen LogP contribution is 2.56. The molecule has 0 spiro atoms. The Morgan fingerprint density at radius 2 is 2.45 bits per heavy atom. The van der Waals surface area contributed by atoms with Crippen LogP contribution in [0.2, 0.25) is 0 Å². The molecule has 2 aliphatic carbocycles. The molecule has 2 saturated carbocycles. The SMILES string of the molecule is COC(=O)C1(N)CCC2CC21. The van der Waals surface area contributed by atoms with Crippen LogP contribution in [0.5, 0.6) is 0 Å². The predicted molar refractivity (Wildman–Crippen MR) is 39.8 cm³/mol. The zero-order chi connectivity index (χ0) is 8.06. The molecule has 0 amide bonds. The number of nitrogens with two attached hydrogens (primary N) is 1. The minimum absolute atomic E-state index is 0.220. The monoisotopic (exact) mass is 155 g/mol. The van der Waals surface area contributed by atoms with Crippen molar-refractivity contribution in [2.45, 2.75) is 24.8 Å². The van der Waals surface area contributed by atoms with E-state index in [1.54, 1.807) is 0 Å². The summed E-state index contributed by atoms with van der Waals surface area (Å²) in [4.78, 5) is 11.2. The van der Waals surface area contributed by atoms with E-state index in [1.807, 2.05) is 0 Å². The van der Waals surface area contributed by atoms with Crippen LogP contribution in [0, 0.1) is 11.8 Å². The molecule has 62 valence electrons. The molecule has 3 unspecified atom stereocenters. The molecule has 0 aromatic heterocycles. The fourth-order valence-corrected chi connectivity index (χ4v) is 2.25. The Kier molecular flexibility index (Phi) is 1.27. The van der Waals surface area contributed by atoms with Gasteiger partial charge in [0.25, 0.3) is 0 Å². The molecule has 0 aliphatic heterocycles. The number of esters is 1. The Hall–Kier alpha value is -0.570. The smallest absolute Gasteiger partial charge is 0.326 e. The van der Waals surface area contributed by atoms with Crippen LogP contribution in [0.4, 0.5) is 0 Å². The van der Waals surface area contributed by atoms with E-state index in [0.717, 1.165) is 25.2 Å². The van der Waals surface area contributed by atoms with Crippen LogP contribution < -0.4 is 5.73 Å². The number of carbonyl (C=O) groups is 1. The van der Waals surface area contributed by atoms with Crippen LogP contribution in [0.25, 0.3) is 0 Å².